The Morgan fingerprint density at radius 3 is 1.52 bits per heavy atom. The number of carboxylic acids is 1. The molecular weight excluding hydrogens is 388 g/mol. The van der Waals surface area contributed by atoms with E-state index in [1.54, 1.807) is 6.26 Å². The third kappa shape index (κ3) is 22.0. The second-order valence-corrected chi connectivity index (χ2v) is 8.86. The average Bonchev–Trinajstić information content (AvgIpc) is 2.73. The monoisotopic (exact) mass is 434 g/mol. The Bertz CT molecular complexity index is 353. The molecule has 174 valence electrons. The van der Waals surface area contributed by atoms with Crippen LogP contribution in [-0.2, 0) is 4.79 Å². The number of aliphatic hydroxyl groups is 3. The first-order valence-electron chi connectivity index (χ1n) is 11.3. The number of aliphatic hydroxyl groups excluding tert-OH is 3. The van der Waals surface area contributed by atoms with E-state index in [9.17, 15) is 4.79 Å². The highest BCUT2D eigenvalue weighted by Crippen LogP contribution is 2.20. The van der Waals surface area contributed by atoms with Gasteiger partial charge in [-0.05, 0) is 38.4 Å². The summed E-state index contributed by atoms with van der Waals surface area (Å²) < 4.78 is -0.750. The minimum atomic E-state index is -0.750. The van der Waals surface area contributed by atoms with Crippen molar-refractivity contribution in [1.82, 2.24) is 0 Å². The number of hydrogen-bond acceptors (Lipinski definition) is 5. The molecule has 0 amide bonds. The lowest BCUT2D eigenvalue weighted by molar-refractivity contribution is -0.137. The van der Waals surface area contributed by atoms with Gasteiger partial charge in [0.15, 0.2) is 0 Å². The molecule has 0 spiro atoms. The first kappa shape index (κ1) is 30.6. The standard InChI is InChI=1S/C18H34O2.C5H12O3S/c1-2-3-4-5-6-7-8-9-10-11-12-13-14-15-16-17-18(19)20;1-9-5(2-6,3-7)4-8/h9-10H,2-8,11-17H2,1H3,(H,19,20);6-8H,2-4H2,1H3. The van der Waals surface area contributed by atoms with Crippen LogP contribution in [0.4, 0.5) is 0 Å². The summed E-state index contributed by atoms with van der Waals surface area (Å²) in [6.07, 6.45) is 23.0. The molecule has 0 aliphatic heterocycles. The molecule has 0 aliphatic carbocycles. The van der Waals surface area contributed by atoms with Crippen LogP contribution in [0.25, 0.3) is 0 Å². The highest BCUT2D eigenvalue weighted by Gasteiger charge is 2.26. The zero-order valence-electron chi connectivity index (χ0n) is 18.8. The molecule has 0 aromatic heterocycles. The number of allylic oxidation sites excluding steroid dienone is 2. The zero-order valence-corrected chi connectivity index (χ0v) is 19.6. The number of aliphatic carboxylic acids is 1. The lowest BCUT2D eigenvalue weighted by atomic mass is 10.1. The molecule has 0 unspecified atom stereocenters. The first-order chi connectivity index (χ1) is 14.0. The molecule has 0 heterocycles. The highest BCUT2D eigenvalue weighted by molar-refractivity contribution is 8.00. The van der Waals surface area contributed by atoms with Gasteiger partial charge in [-0.3, -0.25) is 4.79 Å². The van der Waals surface area contributed by atoms with Crippen molar-refractivity contribution in [1.29, 1.82) is 0 Å². The van der Waals surface area contributed by atoms with Crippen molar-refractivity contribution < 1.29 is 25.2 Å². The van der Waals surface area contributed by atoms with Gasteiger partial charge in [0, 0.05) is 6.42 Å². The van der Waals surface area contributed by atoms with E-state index in [1.807, 2.05) is 0 Å². The van der Waals surface area contributed by atoms with Gasteiger partial charge in [0.1, 0.15) is 0 Å². The number of hydrogen-bond donors (Lipinski definition) is 4. The summed E-state index contributed by atoms with van der Waals surface area (Å²) in [5.41, 5.74) is 0. The van der Waals surface area contributed by atoms with Gasteiger partial charge in [-0.1, -0.05) is 70.4 Å². The maximum Gasteiger partial charge on any atom is 0.303 e. The smallest absolute Gasteiger partial charge is 0.303 e. The molecular formula is C23H46O5S. The van der Waals surface area contributed by atoms with Crippen LogP contribution >= 0.6 is 11.8 Å². The van der Waals surface area contributed by atoms with E-state index in [2.05, 4.69) is 19.1 Å². The Morgan fingerprint density at radius 2 is 1.17 bits per heavy atom. The first-order valence-corrected chi connectivity index (χ1v) is 12.5. The van der Waals surface area contributed by atoms with E-state index in [4.69, 9.17) is 20.4 Å². The largest absolute Gasteiger partial charge is 0.481 e. The molecule has 0 radical (unpaired) electrons. The molecule has 0 aromatic rings. The topological polar surface area (TPSA) is 98.0 Å². The van der Waals surface area contributed by atoms with E-state index in [-0.39, 0.29) is 19.8 Å². The van der Waals surface area contributed by atoms with Gasteiger partial charge < -0.3 is 20.4 Å². The predicted molar refractivity (Wildman–Crippen MR) is 125 cm³/mol. The molecule has 6 heteroatoms. The summed E-state index contributed by atoms with van der Waals surface area (Å²) in [4.78, 5) is 10.3. The molecule has 0 saturated heterocycles. The second kappa shape index (κ2) is 23.7. The Labute approximate surface area is 183 Å². The normalized spacial score (nSPS) is 11.5. The van der Waals surface area contributed by atoms with Crippen molar-refractivity contribution >= 4 is 17.7 Å². The minimum Gasteiger partial charge on any atom is -0.481 e. The quantitative estimate of drug-likeness (QED) is 0.165. The van der Waals surface area contributed by atoms with E-state index < -0.39 is 10.7 Å². The van der Waals surface area contributed by atoms with Crippen molar-refractivity contribution in [3.8, 4) is 0 Å². The summed E-state index contributed by atoms with van der Waals surface area (Å²) in [7, 11) is 0. The second-order valence-electron chi connectivity index (χ2n) is 7.59. The van der Waals surface area contributed by atoms with Gasteiger partial charge in [0.25, 0.3) is 0 Å². The molecule has 0 bridgehead atoms. The van der Waals surface area contributed by atoms with E-state index >= 15 is 0 Å². The SMILES string of the molecule is CCCCCCCCC=CCCCCCCCC(=O)O.CSC(CO)(CO)CO. The Hall–Kier alpha value is -0.560. The number of unbranched alkanes of at least 4 members (excludes halogenated alkanes) is 11. The van der Waals surface area contributed by atoms with Crippen LogP contribution in [0.15, 0.2) is 12.2 Å². The van der Waals surface area contributed by atoms with Crippen LogP contribution in [0.2, 0.25) is 0 Å². The summed E-state index contributed by atoms with van der Waals surface area (Å²) in [5, 5.41) is 34.4. The molecule has 0 fully saturated rings. The highest BCUT2D eigenvalue weighted by atomic mass is 32.2. The maximum absolute atomic E-state index is 10.3. The van der Waals surface area contributed by atoms with Gasteiger partial charge in [0.05, 0.1) is 24.6 Å². The van der Waals surface area contributed by atoms with E-state index in [1.165, 1.54) is 82.4 Å². The lowest BCUT2D eigenvalue weighted by Crippen LogP contribution is -2.37. The average molecular weight is 435 g/mol. The molecule has 0 rings (SSSR count). The van der Waals surface area contributed by atoms with Gasteiger partial charge in [-0.15, -0.1) is 0 Å². The van der Waals surface area contributed by atoms with Crippen molar-refractivity contribution in [3.05, 3.63) is 12.2 Å². The van der Waals surface area contributed by atoms with Gasteiger partial charge >= 0.3 is 5.97 Å². The van der Waals surface area contributed by atoms with Crippen molar-refractivity contribution in [3.63, 3.8) is 0 Å². The number of rotatable bonds is 19. The fourth-order valence-electron chi connectivity index (χ4n) is 2.69. The molecule has 0 aromatic carbocycles. The maximum atomic E-state index is 10.3. The molecule has 4 N–H and O–H groups in total. The number of thioether (sulfide) groups is 1. The number of carboxylic acid groups (broad SMARTS) is 1. The Balaban J connectivity index is 0. The van der Waals surface area contributed by atoms with Crippen molar-refractivity contribution in [2.24, 2.45) is 0 Å². The molecule has 29 heavy (non-hydrogen) atoms. The van der Waals surface area contributed by atoms with Gasteiger partial charge in [-0.25, -0.2) is 0 Å². The van der Waals surface area contributed by atoms with Crippen LogP contribution < -0.4 is 0 Å². The van der Waals surface area contributed by atoms with Crippen molar-refractivity contribution in [2.45, 2.75) is 102 Å². The minimum absolute atomic E-state index is 0.193. The molecule has 0 atom stereocenters. The Morgan fingerprint density at radius 1 is 0.759 bits per heavy atom. The van der Waals surface area contributed by atoms with E-state index in [0.717, 1.165) is 12.8 Å². The third-order valence-corrected chi connectivity index (χ3v) is 6.20. The summed E-state index contributed by atoms with van der Waals surface area (Å²) >= 11 is 1.27. The Kier molecular flexibility index (Phi) is 25.1. The van der Waals surface area contributed by atoms with Crippen LogP contribution in [-0.4, -0.2) is 57.2 Å². The molecule has 0 aliphatic rings. The summed E-state index contributed by atoms with van der Waals surface area (Å²) in [6, 6.07) is 0. The summed E-state index contributed by atoms with van der Waals surface area (Å²) in [5.74, 6) is -0.664. The molecule has 5 nitrogen and oxygen atoms in total. The van der Waals surface area contributed by atoms with Crippen molar-refractivity contribution in [2.75, 3.05) is 26.1 Å². The van der Waals surface area contributed by atoms with E-state index in [0.29, 0.717) is 6.42 Å². The van der Waals surface area contributed by atoms with Crippen LogP contribution in [0.5, 0.6) is 0 Å². The summed E-state index contributed by atoms with van der Waals surface area (Å²) in [6.45, 7) is 1.68. The molecule has 0 saturated carbocycles. The van der Waals surface area contributed by atoms with Gasteiger partial charge in [-0.2, -0.15) is 11.8 Å². The van der Waals surface area contributed by atoms with Crippen LogP contribution in [0.1, 0.15) is 96.8 Å². The van der Waals surface area contributed by atoms with Crippen LogP contribution in [0, 0.1) is 0 Å². The third-order valence-electron chi connectivity index (χ3n) is 4.95. The zero-order chi connectivity index (χ0) is 22.2. The number of carbonyl (C=O) groups is 1. The predicted octanol–water partition coefficient (Wildman–Crippen LogP) is 5.17. The fraction of sp³-hybridized carbons (Fsp3) is 0.870. The van der Waals surface area contributed by atoms with Gasteiger partial charge in [0.2, 0.25) is 0 Å². The van der Waals surface area contributed by atoms with Crippen LogP contribution in [0.3, 0.4) is 0 Å². The fourth-order valence-corrected chi connectivity index (χ4v) is 3.08. The lowest BCUT2D eigenvalue weighted by Gasteiger charge is -2.23.